The van der Waals surface area contributed by atoms with Gasteiger partial charge in [-0.2, -0.15) is 0 Å². The zero-order valence-electron chi connectivity index (χ0n) is 12.3. The van der Waals surface area contributed by atoms with E-state index in [0.29, 0.717) is 5.82 Å². The topological polar surface area (TPSA) is 91.3 Å². The van der Waals surface area contributed by atoms with Gasteiger partial charge in [0.2, 0.25) is 0 Å². The Morgan fingerprint density at radius 1 is 1.62 bits per heavy atom. The zero-order valence-corrected chi connectivity index (χ0v) is 13.1. The number of aliphatic imine (C=N–C) groups is 1. The van der Waals surface area contributed by atoms with Gasteiger partial charge in [-0.25, -0.2) is 4.99 Å². The highest BCUT2D eigenvalue weighted by molar-refractivity contribution is 8.05. The lowest BCUT2D eigenvalue weighted by Crippen LogP contribution is -2.22. The minimum absolute atomic E-state index is 0.284. The van der Waals surface area contributed by atoms with Crippen LogP contribution in [0.25, 0.3) is 0 Å². The number of thioether (sulfide) groups is 1. The molecule has 0 unspecified atom stereocenters. The Hall–Kier alpha value is -2.08. The fourth-order valence-electron chi connectivity index (χ4n) is 1.54. The zero-order chi connectivity index (χ0) is 15.8. The average molecular weight is 304 g/mol. The summed E-state index contributed by atoms with van der Waals surface area (Å²) in [7, 11) is 0. The summed E-state index contributed by atoms with van der Waals surface area (Å²) in [4.78, 5) is 16.0. The minimum atomic E-state index is -0.779. The predicted octanol–water partition coefficient (Wildman–Crippen LogP) is 2.84. The van der Waals surface area contributed by atoms with E-state index in [0.717, 1.165) is 23.3 Å². The first kappa shape index (κ1) is 17.0. The van der Waals surface area contributed by atoms with E-state index >= 15 is 0 Å². The van der Waals surface area contributed by atoms with Gasteiger partial charge in [-0.1, -0.05) is 19.9 Å². The van der Waals surface area contributed by atoms with Crippen LogP contribution in [0.1, 0.15) is 26.7 Å². The summed E-state index contributed by atoms with van der Waals surface area (Å²) in [5.41, 5.74) is 6.88. The van der Waals surface area contributed by atoms with Gasteiger partial charge in [0.1, 0.15) is 11.5 Å². The summed E-state index contributed by atoms with van der Waals surface area (Å²) < 4.78 is 0. The van der Waals surface area contributed by atoms with Crippen molar-refractivity contribution in [3.8, 4) is 0 Å². The van der Waals surface area contributed by atoms with Crippen molar-refractivity contribution < 1.29 is 4.79 Å². The molecule has 0 bridgehead atoms. The number of hydrogen-bond acceptors (Lipinski definition) is 5. The molecule has 0 aromatic carbocycles. The molecule has 112 valence electrons. The molecule has 0 radical (unpaired) electrons. The molecule has 1 amide bonds. The van der Waals surface area contributed by atoms with E-state index in [4.69, 9.17) is 11.1 Å². The largest absolute Gasteiger partial charge is 0.364 e. The number of carbonyl (C=O) groups excluding carboxylic acids is 1. The Bertz CT molecular complexity index is 570. The highest BCUT2D eigenvalue weighted by atomic mass is 32.2. The van der Waals surface area contributed by atoms with Crippen LogP contribution in [0, 0.1) is 5.41 Å². The monoisotopic (exact) mass is 304 g/mol. The Balaban J connectivity index is 2.83. The molecule has 1 rings (SSSR count). The Labute approximate surface area is 129 Å². The summed E-state index contributed by atoms with van der Waals surface area (Å²) in [6.07, 6.45) is 6.81. The summed E-state index contributed by atoms with van der Waals surface area (Å²) in [6, 6.07) is 0. The van der Waals surface area contributed by atoms with E-state index in [1.165, 1.54) is 11.6 Å². The van der Waals surface area contributed by atoms with Gasteiger partial charge in [0.05, 0.1) is 0 Å². The number of carbonyl (C=O) groups is 1. The van der Waals surface area contributed by atoms with Gasteiger partial charge in [-0.15, -0.1) is 11.8 Å². The first-order chi connectivity index (χ1) is 9.93. The second kappa shape index (κ2) is 8.26. The first-order valence-electron chi connectivity index (χ1n) is 6.56. The van der Waals surface area contributed by atoms with Gasteiger partial charge in [0.15, 0.2) is 0 Å². The van der Waals surface area contributed by atoms with Crippen molar-refractivity contribution in [2.24, 2.45) is 10.7 Å². The molecule has 0 saturated carbocycles. The number of hydrogen-bond donors (Lipinski definition) is 3. The normalized spacial score (nSPS) is 16.4. The standard InChI is InChI=1S/C15H20N4OS/c1-4-5-11(9-21-10(2)3)12-7-18-14(19-8-12)6-13(16)15(17)20/h6-9,16,18H,2,4-5H2,1,3H3,(H2,17,20)/b11-9+,14-6+,16-13?. The quantitative estimate of drug-likeness (QED) is 0.632. The fourth-order valence-corrected chi connectivity index (χ4v) is 2.14. The molecule has 21 heavy (non-hydrogen) atoms. The second-order valence-corrected chi connectivity index (χ2v) is 5.69. The summed E-state index contributed by atoms with van der Waals surface area (Å²) in [5, 5.41) is 12.4. The summed E-state index contributed by atoms with van der Waals surface area (Å²) in [5.74, 6) is -0.357. The summed E-state index contributed by atoms with van der Waals surface area (Å²) >= 11 is 1.59. The van der Waals surface area contributed by atoms with E-state index < -0.39 is 5.91 Å². The molecule has 4 N–H and O–H groups in total. The van der Waals surface area contributed by atoms with Gasteiger partial charge >= 0.3 is 0 Å². The molecule has 0 aromatic rings. The van der Waals surface area contributed by atoms with Crippen LogP contribution < -0.4 is 11.1 Å². The van der Waals surface area contributed by atoms with Crippen LogP contribution in [0.15, 0.2) is 51.1 Å². The number of allylic oxidation sites excluding steroid dienone is 3. The van der Waals surface area contributed by atoms with Gasteiger partial charge in [0, 0.05) is 24.1 Å². The SMILES string of the molecule is C=C(C)S/C=C(\CCC)C1=CN/C(=C\C(=N)C(N)=O)N=C1. The molecule has 0 aliphatic carbocycles. The maximum atomic E-state index is 10.8. The maximum Gasteiger partial charge on any atom is 0.266 e. The molecule has 0 spiro atoms. The van der Waals surface area contributed by atoms with Crippen LogP contribution in [0.3, 0.4) is 0 Å². The molecular weight excluding hydrogens is 284 g/mol. The van der Waals surface area contributed by atoms with Crippen LogP contribution in [0.5, 0.6) is 0 Å². The van der Waals surface area contributed by atoms with E-state index in [2.05, 4.69) is 29.2 Å². The third-order valence-corrected chi connectivity index (χ3v) is 3.36. The molecule has 5 nitrogen and oxygen atoms in total. The second-order valence-electron chi connectivity index (χ2n) is 4.52. The number of rotatable bonds is 7. The van der Waals surface area contributed by atoms with Gasteiger partial charge < -0.3 is 11.1 Å². The average Bonchev–Trinajstić information content (AvgIpc) is 2.44. The highest BCUT2D eigenvalue weighted by Gasteiger charge is 2.09. The molecule has 0 fully saturated rings. The highest BCUT2D eigenvalue weighted by Crippen LogP contribution is 2.24. The lowest BCUT2D eigenvalue weighted by atomic mass is 10.0. The molecule has 0 aromatic heterocycles. The van der Waals surface area contributed by atoms with Crippen molar-refractivity contribution in [1.82, 2.24) is 5.32 Å². The first-order valence-corrected chi connectivity index (χ1v) is 7.44. The molecular formula is C15H20N4OS. The molecule has 0 saturated heterocycles. The van der Waals surface area contributed by atoms with Gasteiger partial charge in [-0.05, 0) is 29.2 Å². The maximum absolute atomic E-state index is 10.8. The van der Waals surface area contributed by atoms with Crippen molar-refractivity contribution in [3.05, 3.63) is 46.1 Å². The van der Waals surface area contributed by atoms with Crippen molar-refractivity contribution in [2.75, 3.05) is 0 Å². The summed E-state index contributed by atoms with van der Waals surface area (Å²) in [6.45, 7) is 7.95. The Morgan fingerprint density at radius 2 is 2.33 bits per heavy atom. The Kier molecular flexibility index (Phi) is 6.68. The smallest absolute Gasteiger partial charge is 0.266 e. The van der Waals surface area contributed by atoms with Crippen LogP contribution >= 0.6 is 11.8 Å². The minimum Gasteiger partial charge on any atom is -0.364 e. The van der Waals surface area contributed by atoms with Crippen molar-refractivity contribution in [1.29, 1.82) is 5.41 Å². The third kappa shape index (κ3) is 5.83. The number of amides is 1. The van der Waals surface area contributed by atoms with Crippen LogP contribution in [0.2, 0.25) is 0 Å². The van der Waals surface area contributed by atoms with Crippen LogP contribution in [-0.4, -0.2) is 17.8 Å². The van der Waals surface area contributed by atoms with Crippen LogP contribution in [0.4, 0.5) is 0 Å². The number of nitrogens with zero attached hydrogens (tertiary/aromatic N) is 1. The van der Waals surface area contributed by atoms with Crippen molar-refractivity contribution in [3.63, 3.8) is 0 Å². The number of nitrogens with one attached hydrogen (secondary N) is 2. The number of nitrogens with two attached hydrogens (primary N) is 1. The van der Waals surface area contributed by atoms with E-state index in [1.54, 1.807) is 18.0 Å². The molecule has 0 atom stereocenters. The molecule has 6 heteroatoms. The third-order valence-electron chi connectivity index (χ3n) is 2.56. The van der Waals surface area contributed by atoms with Crippen molar-refractivity contribution >= 4 is 29.6 Å². The lowest BCUT2D eigenvalue weighted by molar-refractivity contribution is -0.111. The molecule has 1 aliphatic heterocycles. The van der Waals surface area contributed by atoms with Crippen LogP contribution in [-0.2, 0) is 4.79 Å². The molecule has 1 aliphatic rings. The fraction of sp³-hybridized carbons (Fsp3) is 0.267. The van der Waals surface area contributed by atoms with Gasteiger partial charge in [-0.3, -0.25) is 10.2 Å². The van der Waals surface area contributed by atoms with E-state index in [1.807, 2.05) is 13.1 Å². The van der Waals surface area contributed by atoms with Crippen molar-refractivity contribution in [2.45, 2.75) is 26.7 Å². The Morgan fingerprint density at radius 3 is 2.81 bits per heavy atom. The number of primary amides is 1. The lowest BCUT2D eigenvalue weighted by Gasteiger charge is -2.13. The molecule has 1 heterocycles. The van der Waals surface area contributed by atoms with Gasteiger partial charge in [0.25, 0.3) is 5.91 Å². The van der Waals surface area contributed by atoms with E-state index in [-0.39, 0.29) is 5.71 Å². The van der Waals surface area contributed by atoms with E-state index in [9.17, 15) is 4.79 Å². The predicted molar refractivity (Wildman–Crippen MR) is 90.1 cm³/mol.